The average Bonchev–Trinajstić information content (AvgIpc) is 2.37. The zero-order chi connectivity index (χ0) is 13.2. The highest BCUT2D eigenvalue weighted by Gasteiger charge is 2.38. The van der Waals surface area contributed by atoms with Crippen molar-refractivity contribution in [3.8, 4) is 0 Å². The Labute approximate surface area is 114 Å². The number of aromatic amines is 1. The van der Waals surface area contributed by atoms with E-state index in [1.54, 1.807) is 7.11 Å². The van der Waals surface area contributed by atoms with Crippen LogP contribution in [0.4, 0.5) is 0 Å². The standard InChI is InChI=1S/C14H22N2OS/c1-4-11-8-12(18)16-13(15-11)14(17-3)7-5-6-10(2)9-14/h8,10H,4-7,9H2,1-3H3,(H,15,16,18). The van der Waals surface area contributed by atoms with Gasteiger partial charge < -0.3 is 9.72 Å². The maximum absolute atomic E-state index is 5.85. The van der Waals surface area contributed by atoms with E-state index in [-0.39, 0.29) is 5.60 Å². The van der Waals surface area contributed by atoms with E-state index in [2.05, 4.69) is 23.8 Å². The lowest BCUT2D eigenvalue weighted by Gasteiger charge is -2.38. The lowest BCUT2D eigenvalue weighted by Crippen LogP contribution is -2.36. The minimum atomic E-state index is -0.267. The van der Waals surface area contributed by atoms with Crippen molar-refractivity contribution in [3.63, 3.8) is 0 Å². The van der Waals surface area contributed by atoms with E-state index in [9.17, 15) is 0 Å². The molecule has 0 radical (unpaired) electrons. The van der Waals surface area contributed by atoms with Crippen molar-refractivity contribution in [2.24, 2.45) is 5.92 Å². The molecular formula is C14H22N2OS. The monoisotopic (exact) mass is 266 g/mol. The molecule has 0 aromatic carbocycles. The molecule has 0 saturated heterocycles. The number of hydrogen-bond acceptors (Lipinski definition) is 3. The van der Waals surface area contributed by atoms with E-state index in [4.69, 9.17) is 17.0 Å². The van der Waals surface area contributed by atoms with Crippen LogP contribution in [0.15, 0.2) is 6.07 Å². The first kappa shape index (κ1) is 13.7. The van der Waals surface area contributed by atoms with E-state index >= 15 is 0 Å². The van der Waals surface area contributed by atoms with Crippen LogP contribution in [0.2, 0.25) is 0 Å². The Morgan fingerprint density at radius 3 is 3.00 bits per heavy atom. The van der Waals surface area contributed by atoms with Gasteiger partial charge in [-0.25, -0.2) is 4.98 Å². The summed E-state index contributed by atoms with van der Waals surface area (Å²) in [6, 6.07) is 1.94. The third kappa shape index (κ3) is 2.64. The highest BCUT2D eigenvalue weighted by molar-refractivity contribution is 7.71. The molecule has 1 heterocycles. The van der Waals surface area contributed by atoms with Crippen LogP contribution in [-0.2, 0) is 16.8 Å². The second-order valence-corrected chi connectivity index (χ2v) is 5.76. The molecule has 1 N–H and O–H groups in total. The topological polar surface area (TPSA) is 37.9 Å². The Balaban J connectivity index is 2.43. The number of aryl methyl sites for hydroxylation is 1. The molecule has 4 heteroatoms. The van der Waals surface area contributed by atoms with Crippen molar-refractivity contribution in [2.75, 3.05) is 7.11 Å². The van der Waals surface area contributed by atoms with Crippen molar-refractivity contribution < 1.29 is 4.74 Å². The zero-order valence-corrected chi connectivity index (χ0v) is 12.3. The first-order valence-electron chi connectivity index (χ1n) is 6.75. The van der Waals surface area contributed by atoms with Gasteiger partial charge in [0.15, 0.2) is 0 Å². The summed E-state index contributed by atoms with van der Waals surface area (Å²) in [4.78, 5) is 7.93. The largest absolute Gasteiger partial charge is 0.370 e. The lowest BCUT2D eigenvalue weighted by atomic mass is 9.78. The molecule has 0 bridgehead atoms. The fraction of sp³-hybridized carbons (Fsp3) is 0.714. The Morgan fingerprint density at radius 1 is 1.61 bits per heavy atom. The van der Waals surface area contributed by atoms with Gasteiger partial charge in [0, 0.05) is 12.8 Å². The van der Waals surface area contributed by atoms with Gasteiger partial charge in [0.1, 0.15) is 16.1 Å². The molecule has 0 aliphatic heterocycles. The molecule has 1 aromatic rings. The van der Waals surface area contributed by atoms with Gasteiger partial charge in [0.05, 0.1) is 0 Å². The Kier molecular flexibility index (Phi) is 4.17. The van der Waals surface area contributed by atoms with Gasteiger partial charge >= 0.3 is 0 Å². The Bertz CT molecular complexity index is 471. The Hall–Kier alpha value is -0.740. The van der Waals surface area contributed by atoms with Crippen LogP contribution in [-0.4, -0.2) is 17.1 Å². The van der Waals surface area contributed by atoms with Crippen molar-refractivity contribution in [1.82, 2.24) is 9.97 Å². The molecule has 100 valence electrons. The van der Waals surface area contributed by atoms with Crippen LogP contribution in [0, 0.1) is 10.6 Å². The first-order valence-corrected chi connectivity index (χ1v) is 7.16. The van der Waals surface area contributed by atoms with Gasteiger partial charge in [0.2, 0.25) is 0 Å². The van der Waals surface area contributed by atoms with E-state index < -0.39 is 0 Å². The zero-order valence-electron chi connectivity index (χ0n) is 11.5. The molecule has 2 rings (SSSR count). The third-order valence-corrected chi connectivity index (χ3v) is 4.17. The molecule has 0 spiro atoms. The summed E-state index contributed by atoms with van der Waals surface area (Å²) in [7, 11) is 1.79. The average molecular weight is 266 g/mol. The number of aromatic nitrogens is 2. The molecular weight excluding hydrogens is 244 g/mol. The van der Waals surface area contributed by atoms with E-state index in [1.807, 2.05) is 6.07 Å². The van der Waals surface area contributed by atoms with Gasteiger partial charge in [-0.3, -0.25) is 0 Å². The molecule has 1 saturated carbocycles. The van der Waals surface area contributed by atoms with E-state index in [1.165, 1.54) is 12.8 Å². The van der Waals surface area contributed by atoms with E-state index in [0.717, 1.165) is 30.8 Å². The molecule has 18 heavy (non-hydrogen) atoms. The van der Waals surface area contributed by atoms with Crippen molar-refractivity contribution in [1.29, 1.82) is 0 Å². The molecule has 2 unspecified atom stereocenters. The second-order valence-electron chi connectivity index (χ2n) is 5.35. The van der Waals surface area contributed by atoms with Gasteiger partial charge in [-0.2, -0.15) is 0 Å². The van der Waals surface area contributed by atoms with Gasteiger partial charge in [-0.1, -0.05) is 32.5 Å². The molecule has 1 aliphatic carbocycles. The summed E-state index contributed by atoms with van der Waals surface area (Å²) in [5.41, 5.74) is 0.871. The minimum absolute atomic E-state index is 0.267. The van der Waals surface area contributed by atoms with Crippen LogP contribution in [0.25, 0.3) is 0 Å². The quantitative estimate of drug-likeness (QED) is 0.847. The summed E-state index contributed by atoms with van der Waals surface area (Å²) in [6.07, 6.45) is 5.45. The summed E-state index contributed by atoms with van der Waals surface area (Å²) in [5.74, 6) is 1.59. The predicted octanol–water partition coefficient (Wildman–Crippen LogP) is 3.75. The molecule has 1 aliphatic rings. The van der Waals surface area contributed by atoms with Crippen LogP contribution in [0.1, 0.15) is 51.0 Å². The minimum Gasteiger partial charge on any atom is -0.370 e. The fourth-order valence-electron chi connectivity index (χ4n) is 2.91. The van der Waals surface area contributed by atoms with Gasteiger partial charge in [-0.05, 0) is 37.7 Å². The summed E-state index contributed by atoms with van der Waals surface area (Å²) in [6.45, 7) is 4.40. The van der Waals surface area contributed by atoms with Crippen LogP contribution >= 0.6 is 12.2 Å². The highest BCUT2D eigenvalue weighted by atomic mass is 32.1. The SMILES string of the molecule is CCc1cc(=S)nc(C2(OC)CCCC(C)C2)[nH]1. The molecule has 1 fully saturated rings. The van der Waals surface area contributed by atoms with Crippen LogP contribution in [0.5, 0.6) is 0 Å². The van der Waals surface area contributed by atoms with Crippen molar-refractivity contribution in [3.05, 3.63) is 22.2 Å². The highest BCUT2D eigenvalue weighted by Crippen LogP contribution is 2.40. The smallest absolute Gasteiger partial charge is 0.140 e. The molecule has 2 atom stereocenters. The number of ether oxygens (including phenoxy) is 1. The van der Waals surface area contributed by atoms with Gasteiger partial charge in [-0.15, -0.1) is 0 Å². The number of nitrogens with one attached hydrogen (secondary N) is 1. The van der Waals surface area contributed by atoms with Crippen molar-refractivity contribution >= 4 is 12.2 Å². The number of rotatable bonds is 3. The molecule has 3 nitrogen and oxygen atoms in total. The maximum Gasteiger partial charge on any atom is 0.140 e. The first-order chi connectivity index (χ1) is 8.59. The van der Waals surface area contributed by atoms with Gasteiger partial charge in [0.25, 0.3) is 0 Å². The molecule has 0 amide bonds. The fourth-order valence-corrected chi connectivity index (χ4v) is 3.15. The van der Waals surface area contributed by atoms with E-state index in [0.29, 0.717) is 10.6 Å². The van der Waals surface area contributed by atoms with Crippen molar-refractivity contribution in [2.45, 2.75) is 51.6 Å². The number of nitrogens with zero attached hydrogens (tertiary/aromatic N) is 1. The van der Waals surface area contributed by atoms with Crippen LogP contribution < -0.4 is 0 Å². The maximum atomic E-state index is 5.85. The molecule has 1 aromatic heterocycles. The second kappa shape index (κ2) is 5.49. The number of hydrogen-bond donors (Lipinski definition) is 1. The summed E-state index contributed by atoms with van der Waals surface area (Å²) >= 11 is 5.26. The predicted molar refractivity (Wildman–Crippen MR) is 75.1 cm³/mol. The summed E-state index contributed by atoms with van der Waals surface area (Å²) in [5, 5.41) is 0. The Morgan fingerprint density at radius 2 is 2.39 bits per heavy atom. The lowest BCUT2D eigenvalue weighted by molar-refractivity contribution is -0.0648. The summed E-state index contributed by atoms with van der Waals surface area (Å²) < 4.78 is 6.51. The number of methoxy groups -OCH3 is 1. The third-order valence-electron chi connectivity index (χ3n) is 3.96. The number of H-pyrrole nitrogens is 1. The van der Waals surface area contributed by atoms with Crippen LogP contribution in [0.3, 0.4) is 0 Å². The normalized spacial score (nSPS) is 28.3.